The molecule has 0 saturated heterocycles. The molecule has 0 aliphatic rings. The molecule has 0 bridgehead atoms. The smallest absolute Gasteiger partial charge is 0.261 e. The van der Waals surface area contributed by atoms with Gasteiger partial charge in [0, 0.05) is 18.9 Å². The van der Waals surface area contributed by atoms with Crippen molar-refractivity contribution in [3.8, 4) is 5.75 Å². The van der Waals surface area contributed by atoms with Gasteiger partial charge in [-0.05, 0) is 61.0 Å². The van der Waals surface area contributed by atoms with E-state index in [4.69, 9.17) is 4.74 Å². The lowest BCUT2D eigenvalue weighted by Crippen LogP contribution is -2.13. The second kappa shape index (κ2) is 8.50. The minimum absolute atomic E-state index is 0.158. The van der Waals surface area contributed by atoms with Crippen molar-refractivity contribution in [1.29, 1.82) is 0 Å². The van der Waals surface area contributed by atoms with Crippen LogP contribution in [0.3, 0.4) is 0 Å². The Balaban J connectivity index is 1.62. The van der Waals surface area contributed by atoms with Crippen molar-refractivity contribution in [3.05, 3.63) is 72.7 Å². The highest BCUT2D eigenvalue weighted by atomic mass is 32.2. The molecule has 0 amide bonds. The van der Waals surface area contributed by atoms with Crippen LogP contribution in [0.1, 0.15) is 12.5 Å². The molecular weight excluding hydrogens is 364 g/mol. The van der Waals surface area contributed by atoms with Crippen LogP contribution in [0.15, 0.2) is 72.0 Å². The first kappa shape index (κ1) is 18.7. The Kier molecular flexibility index (Phi) is 5.87. The summed E-state index contributed by atoms with van der Waals surface area (Å²) in [5, 5.41) is 3.17. The van der Waals surface area contributed by atoms with Gasteiger partial charge in [-0.3, -0.25) is 9.71 Å². The third-order valence-electron chi connectivity index (χ3n) is 3.68. The van der Waals surface area contributed by atoms with Crippen molar-refractivity contribution in [2.24, 2.45) is 0 Å². The lowest BCUT2D eigenvalue weighted by Gasteiger charge is -2.10. The van der Waals surface area contributed by atoms with Crippen LogP contribution in [0.4, 0.5) is 11.5 Å². The number of sulfonamides is 1. The van der Waals surface area contributed by atoms with E-state index in [2.05, 4.69) is 20.0 Å². The molecular formula is C19H20N4O3S. The van der Waals surface area contributed by atoms with Gasteiger partial charge in [-0.15, -0.1) is 0 Å². The first-order valence-electron chi connectivity index (χ1n) is 8.41. The van der Waals surface area contributed by atoms with Crippen molar-refractivity contribution in [3.63, 3.8) is 0 Å². The lowest BCUT2D eigenvalue weighted by atomic mass is 10.3. The highest BCUT2D eigenvalue weighted by Crippen LogP contribution is 2.19. The molecule has 2 heterocycles. The predicted molar refractivity (Wildman–Crippen MR) is 104 cm³/mol. The summed E-state index contributed by atoms with van der Waals surface area (Å²) >= 11 is 0. The molecule has 0 aliphatic heterocycles. The van der Waals surface area contributed by atoms with Gasteiger partial charge >= 0.3 is 0 Å². The standard InChI is InChI=1S/C19H20N4O3S/c1-2-26-17-4-6-18(7-5-17)27(24,25)23-16-3-8-19(22-14-16)21-13-15-9-11-20-12-10-15/h3-12,14,23H,2,13H2,1H3,(H,21,22). The summed E-state index contributed by atoms with van der Waals surface area (Å²) in [6, 6.07) is 13.5. The number of hydrogen-bond donors (Lipinski definition) is 2. The van der Waals surface area contributed by atoms with E-state index in [0.717, 1.165) is 5.56 Å². The van der Waals surface area contributed by atoms with Crippen molar-refractivity contribution in [2.45, 2.75) is 18.4 Å². The van der Waals surface area contributed by atoms with Gasteiger partial charge in [0.15, 0.2) is 0 Å². The van der Waals surface area contributed by atoms with Gasteiger partial charge in [-0.2, -0.15) is 0 Å². The topological polar surface area (TPSA) is 93.2 Å². The second-order valence-corrected chi connectivity index (χ2v) is 7.33. The third kappa shape index (κ3) is 5.18. The Labute approximate surface area is 158 Å². The molecule has 3 aromatic rings. The van der Waals surface area contributed by atoms with Crippen molar-refractivity contribution in [2.75, 3.05) is 16.6 Å². The number of hydrogen-bond acceptors (Lipinski definition) is 6. The fraction of sp³-hybridized carbons (Fsp3) is 0.158. The van der Waals surface area contributed by atoms with Crippen LogP contribution in [-0.4, -0.2) is 25.0 Å². The molecule has 0 saturated carbocycles. The molecule has 1 aromatic carbocycles. The summed E-state index contributed by atoms with van der Waals surface area (Å²) in [4.78, 5) is 8.36. The van der Waals surface area contributed by atoms with Crippen LogP contribution in [-0.2, 0) is 16.6 Å². The third-order valence-corrected chi connectivity index (χ3v) is 5.08. The van der Waals surface area contributed by atoms with Crippen LogP contribution >= 0.6 is 0 Å². The predicted octanol–water partition coefficient (Wildman–Crippen LogP) is 3.29. The maximum Gasteiger partial charge on any atom is 0.261 e. The van der Waals surface area contributed by atoms with Gasteiger partial charge in [-0.25, -0.2) is 13.4 Å². The molecule has 7 nitrogen and oxygen atoms in total. The minimum atomic E-state index is -3.69. The van der Waals surface area contributed by atoms with Gasteiger partial charge in [0.05, 0.1) is 23.4 Å². The number of nitrogens with zero attached hydrogens (tertiary/aromatic N) is 2. The van der Waals surface area contributed by atoms with Gasteiger partial charge in [0.1, 0.15) is 11.6 Å². The van der Waals surface area contributed by atoms with Gasteiger partial charge < -0.3 is 10.1 Å². The van der Waals surface area contributed by atoms with E-state index in [9.17, 15) is 8.42 Å². The van der Waals surface area contributed by atoms with E-state index >= 15 is 0 Å². The molecule has 140 valence electrons. The Bertz CT molecular complexity index is 960. The molecule has 0 unspecified atom stereocenters. The fourth-order valence-corrected chi connectivity index (χ4v) is 3.39. The van der Waals surface area contributed by atoms with Crippen LogP contribution in [0.25, 0.3) is 0 Å². The van der Waals surface area contributed by atoms with Gasteiger partial charge in [0.2, 0.25) is 0 Å². The van der Waals surface area contributed by atoms with Gasteiger partial charge in [-0.1, -0.05) is 0 Å². The van der Waals surface area contributed by atoms with E-state index < -0.39 is 10.0 Å². The molecule has 0 fully saturated rings. The van der Waals surface area contributed by atoms with E-state index in [-0.39, 0.29) is 4.90 Å². The second-order valence-electron chi connectivity index (χ2n) is 5.65. The van der Waals surface area contributed by atoms with Crippen LogP contribution in [0, 0.1) is 0 Å². The van der Waals surface area contributed by atoms with Crippen molar-refractivity contribution in [1.82, 2.24) is 9.97 Å². The summed E-state index contributed by atoms with van der Waals surface area (Å²) in [6.07, 6.45) is 4.92. The summed E-state index contributed by atoms with van der Waals surface area (Å²) < 4.78 is 32.8. The van der Waals surface area contributed by atoms with Crippen LogP contribution in [0.2, 0.25) is 0 Å². The first-order valence-corrected chi connectivity index (χ1v) is 9.89. The maximum atomic E-state index is 12.5. The number of benzene rings is 1. The molecule has 3 rings (SSSR count). The molecule has 0 atom stereocenters. The van der Waals surface area contributed by atoms with E-state index in [1.165, 1.54) is 18.3 Å². The van der Waals surface area contributed by atoms with E-state index in [0.29, 0.717) is 30.4 Å². The van der Waals surface area contributed by atoms with Crippen molar-refractivity contribution >= 4 is 21.5 Å². The highest BCUT2D eigenvalue weighted by molar-refractivity contribution is 7.92. The Hall–Kier alpha value is -3.13. The Morgan fingerprint density at radius 1 is 1.00 bits per heavy atom. The summed E-state index contributed by atoms with van der Waals surface area (Å²) in [7, 11) is -3.69. The molecule has 2 N–H and O–H groups in total. The number of ether oxygens (including phenoxy) is 1. The molecule has 0 spiro atoms. The van der Waals surface area contributed by atoms with Crippen molar-refractivity contribution < 1.29 is 13.2 Å². The van der Waals surface area contributed by atoms with Gasteiger partial charge in [0.25, 0.3) is 10.0 Å². The number of pyridine rings is 2. The van der Waals surface area contributed by atoms with Crippen LogP contribution < -0.4 is 14.8 Å². The number of anilines is 2. The quantitative estimate of drug-likeness (QED) is 0.619. The number of rotatable bonds is 8. The molecule has 27 heavy (non-hydrogen) atoms. The van der Waals surface area contributed by atoms with Crippen LogP contribution in [0.5, 0.6) is 5.75 Å². The summed E-state index contributed by atoms with van der Waals surface area (Å²) in [5.74, 6) is 1.28. The fourth-order valence-electron chi connectivity index (χ4n) is 2.35. The Morgan fingerprint density at radius 2 is 1.74 bits per heavy atom. The first-order chi connectivity index (χ1) is 13.1. The Morgan fingerprint density at radius 3 is 2.37 bits per heavy atom. The van der Waals surface area contributed by atoms with E-state index in [1.807, 2.05) is 19.1 Å². The number of nitrogens with one attached hydrogen (secondary N) is 2. The SMILES string of the molecule is CCOc1ccc(S(=O)(=O)Nc2ccc(NCc3ccncc3)nc2)cc1. The maximum absolute atomic E-state index is 12.5. The zero-order valence-electron chi connectivity index (χ0n) is 14.8. The summed E-state index contributed by atoms with van der Waals surface area (Å²) in [5.41, 5.74) is 1.46. The highest BCUT2D eigenvalue weighted by Gasteiger charge is 2.14. The zero-order valence-corrected chi connectivity index (χ0v) is 15.6. The zero-order chi connectivity index (χ0) is 19.1. The normalized spacial score (nSPS) is 11.0. The molecule has 8 heteroatoms. The average Bonchev–Trinajstić information content (AvgIpc) is 2.69. The largest absolute Gasteiger partial charge is 0.494 e. The monoisotopic (exact) mass is 384 g/mol. The number of aromatic nitrogens is 2. The minimum Gasteiger partial charge on any atom is -0.494 e. The van der Waals surface area contributed by atoms with E-state index in [1.54, 1.807) is 36.7 Å². The average molecular weight is 384 g/mol. The molecule has 2 aromatic heterocycles. The molecule has 0 radical (unpaired) electrons. The molecule has 0 aliphatic carbocycles. The lowest BCUT2D eigenvalue weighted by molar-refractivity contribution is 0.340. The summed E-state index contributed by atoms with van der Waals surface area (Å²) in [6.45, 7) is 3.00.